The zero-order chi connectivity index (χ0) is 14.2. The third-order valence-electron chi connectivity index (χ3n) is 3.82. The van der Waals surface area contributed by atoms with Crippen LogP contribution in [0, 0.1) is 12.7 Å². The molecule has 0 bridgehead atoms. The molecule has 3 rings (SSSR count). The highest BCUT2D eigenvalue weighted by Crippen LogP contribution is 2.45. The fourth-order valence-electron chi connectivity index (χ4n) is 2.91. The third kappa shape index (κ3) is 2.19. The molecular formula is C17H15BrFO. The summed E-state index contributed by atoms with van der Waals surface area (Å²) < 4.78 is 20.4. The van der Waals surface area contributed by atoms with E-state index in [9.17, 15) is 4.39 Å². The molecule has 103 valence electrons. The molecule has 1 atom stereocenters. The van der Waals surface area contributed by atoms with Crippen LogP contribution in [0.25, 0.3) is 0 Å². The largest absolute Gasteiger partial charge is 0.361 e. The lowest BCUT2D eigenvalue weighted by Crippen LogP contribution is -2.26. The Morgan fingerprint density at radius 1 is 1.20 bits per heavy atom. The van der Waals surface area contributed by atoms with Gasteiger partial charge in [0.05, 0.1) is 6.61 Å². The van der Waals surface area contributed by atoms with Crippen molar-refractivity contribution in [3.05, 3.63) is 76.4 Å². The number of ether oxygens (including phenoxy) is 1. The maximum Gasteiger partial charge on any atom is 0.123 e. The maximum atomic E-state index is 13.2. The second kappa shape index (κ2) is 5.30. The monoisotopic (exact) mass is 333 g/mol. The highest BCUT2D eigenvalue weighted by Gasteiger charge is 2.40. The van der Waals surface area contributed by atoms with Crippen molar-refractivity contribution in [2.45, 2.75) is 25.0 Å². The SMILES string of the molecule is [CH2]CCC1(c2ccc(F)cc2)OCc2cc(Br)ccc21. The van der Waals surface area contributed by atoms with E-state index in [0.29, 0.717) is 6.61 Å². The molecule has 0 amide bonds. The van der Waals surface area contributed by atoms with Crippen molar-refractivity contribution in [1.82, 2.24) is 0 Å². The van der Waals surface area contributed by atoms with Gasteiger partial charge in [0.2, 0.25) is 0 Å². The van der Waals surface area contributed by atoms with E-state index in [4.69, 9.17) is 4.74 Å². The fraction of sp³-hybridized carbons (Fsp3) is 0.235. The van der Waals surface area contributed by atoms with E-state index in [1.165, 1.54) is 17.7 Å². The zero-order valence-electron chi connectivity index (χ0n) is 11.0. The van der Waals surface area contributed by atoms with Gasteiger partial charge in [-0.3, -0.25) is 0 Å². The first-order valence-electron chi connectivity index (χ1n) is 6.64. The summed E-state index contributed by atoms with van der Waals surface area (Å²) in [7, 11) is 0. The van der Waals surface area contributed by atoms with Gasteiger partial charge in [-0.05, 0) is 53.8 Å². The molecule has 0 N–H and O–H groups in total. The summed E-state index contributed by atoms with van der Waals surface area (Å²) >= 11 is 3.49. The molecule has 0 spiro atoms. The number of fused-ring (bicyclic) bond motifs is 1. The van der Waals surface area contributed by atoms with Crippen LogP contribution in [0.15, 0.2) is 46.9 Å². The van der Waals surface area contributed by atoms with E-state index < -0.39 is 5.60 Å². The van der Waals surface area contributed by atoms with Gasteiger partial charge in [0.15, 0.2) is 0 Å². The smallest absolute Gasteiger partial charge is 0.123 e. The van der Waals surface area contributed by atoms with Crippen LogP contribution in [0.4, 0.5) is 4.39 Å². The topological polar surface area (TPSA) is 9.23 Å². The summed E-state index contributed by atoms with van der Waals surface area (Å²) in [5.41, 5.74) is 2.84. The van der Waals surface area contributed by atoms with Gasteiger partial charge >= 0.3 is 0 Å². The molecule has 0 saturated heterocycles. The van der Waals surface area contributed by atoms with Crippen LogP contribution in [-0.2, 0) is 16.9 Å². The van der Waals surface area contributed by atoms with Crippen molar-refractivity contribution in [1.29, 1.82) is 0 Å². The maximum absolute atomic E-state index is 13.2. The van der Waals surface area contributed by atoms with Crippen LogP contribution in [0.1, 0.15) is 29.5 Å². The van der Waals surface area contributed by atoms with Crippen molar-refractivity contribution in [3.8, 4) is 0 Å². The van der Waals surface area contributed by atoms with Gasteiger partial charge in [-0.25, -0.2) is 4.39 Å². The van der Waals surface area contributed by atoms with Crippen LogP contribution >= 0.6 is 15.9 Å². The summed E-state index contributed by atoms with van der Waals surface area (Å²) in [4.78, 5) is 0. The quantitative estimate of drug-likeness (QED) is 0.769. The molecule has 0 aliphatic carbocycles. The van der Waals surface area contributed by atoms with E-state index in [2.05, 4.69) is 35.0 Å². The second-order valence-corrected chi connectivity index (χ2v) is 5.94. The van der Waals surface area contributed by atoms with E-state index in [1.807, 2.05) is 18.2 Å². The van der Waals surface area contributed by atoms with Gasteiger partial charge in [0, 0.05) is 4.47 Å². The number of hydrogen-bond donors (Lipinski definition) is 0. The average Bonchev–Trinajstić information content (AvgIpc) is 2.79. The van der Waals surface area contributed by atoms with Gasteiger partial charge in [0.25, 0.3) is 0 Å². The molecule has 1 unspecified atom stereocenters. The fourth-order valence-corrected chi connectivity index (χ4v) is 3.32. The summed E-state index contributed by atoms with van der Waals surface area (Å²) in [6, 6.07) is 12.8. The predicted molar refractivity (Wildman–Crippen MR) is 80.7 cm³/mol. The minimum absolute atomic E-state index is 0.229. The minimum atomic E-state index is -0.495. The lowest BCUT2D eigenvalue weighted by atomic mass is 9.82. The van der Waals surface area contributed by atoms with Crippen LogP contribution in [0.3, 0.4) is 0 Å². The molecule has 1 radical (unpaired) electrons. The highest BCUT2D eigenvalue weighted by atomic mass is 79.9. The zero-order valence-corrected chi connectivity index (χ0v) is 12.6. The molecule has 1 aliphatic heterocycles. The van der Waals surface area contributed by atoms with E-state index in [-0.39, 0.29) is 5.82 Å². The van der Waals surface area contributed by atoms with E-state index in [1.54, 1.807) is 0 Å². The molecule has 2 aromatic rings. The van der Waals surface area contributed by atoms with Crippen molar-refractivity contribution in [2.24, 2.45) is 0 Å². The normalized spacial score (nSPS) is 20.9. The van der Waals surface area contributed by atoms with Crippen molar-refractivity contribution in [2.75, 3.05) is 0 Å². The summed E-state index contributed by atoms with van der Waals surface area (Å²) in [6.45, 7) is 4.54. The number of halogens is 2. The Kier molecular flexibility index (Phi) is 3.65. The molecule has 2 aromatic carbocycles. The Balaban J connectivity index is 2.14. The van der Waals surface area contributed by atoms with E-state index >= 15 is 0 Å². The van der Waals surface area contributed by atoms with Gasteiger partial charge < -0.3 is 4.74 Å². The summed E-state index contributed by atoms with van der Waals surface area (Å²) in [6.07, 6.45) is 1.54. The van der Waals surface area contributed by atoms with Crippen molar-refractivity contribution < 1.29 is 9.13 Å². The van der Waals surface area contributed by atoms with Crippen molar-refractivity contribution >= 4 is 15.9 Å². The van der Waals surface area contributed by atoms with Gasteiger partial charge in [-0.1, -0.05) is 41.1 Å². The molecule has 0 saturated carbocycles. The van der Waals surface area contributed by atoms with Crippen LogP contribution in [-0.4, -0.2) is 0 Å². The van der Waals surface area contributed by atoms with Crippen molar-refractivity contribution in [3.63, 3.8) is 0 Å². The number of hydrogen-bond acceptors (Lipinski definition) is 1. The predicted octanol–water partition coefficient (Wildman–Crippen LogP) is 4.98. The lowest BCUT2D eigenvalue weighted by molar-refractivity contribution is -0.0111. The average molecular weight is 334 g/mol. The molecule has 1 heterocycles. The Morgan fingerprint density at radius 3 is 2.65 bits per heavy atom. The Morgan fingerprint density at radius 2 is 1.95 bits per heavy atom. The molecule has 3 heteroatoms. The first-order valence-corrected chi connectivity index (χ1v) is 7.43. The molecule has 1 aliphatic rings. The van der Waals surface area contributed by atoms with Gasteiger partial charge in [0.1, 0.15) is 11.4 Å². The summed E-state index contributed by atoms with van der Waals surface area (Å²) in [5.74, 6) is -0.229. The standard InChI is InChI=1S/C17H15BrFO/c1-2-9-17(13-3-6-15(19)7-4-13)16-8-5-14(18)10-12(16)11-20-17/h3-8,10H,1-2,9,11H2. The molecule has 0 fully saturated rings. The van der Waals surface area contributed by atoms with Crippen LogP contribution < -0.4 is 0 Å². The first kappa shape index (κ1) is 13.8. The minimum Gasteiger partial charge on any atom is -0.361 e. The summed E-state index contributed by atoms with van der Waals surface area (Å²) in [5, 5.41) is 0. The highest BCUT2D eigenvalue weighted by molar-refractivity contribution is 9.10. The molecule has 20 heavy (non-hydrogen) atoms. The Bertz CT molecular complexity index is 623. The molecular weight excluding hydrogens is 319 g/mol. The van der Waals surface area contributed by atoms with Gasteiger partial charge in [-0.2, -0.15) is 0 Å². The van der Waals surface area contributed by atoms with Crippen LogP contribution in [0.2, 0.25) is 0 Å². The van der Waals surface area contributed by atoms with Crippen LogP contribution in [0.5, 0.6) is 0 Å². The Hall–Kier alpha value is -1.19. The Labute approximate surface area is 126 Å². The molecule has 1 nitrogen and oxygen atoms in total. The number of rotatable bonds is 3. The third-order valence-corrected chi connectivity index (χ3v) is 4.31. The lowest BCUT2D eigenvalue weighted by Gasteiger charge is -2.30. The first-order chi connectivity index (χ1) is 9.65. The second-order valence-electron chi connectivity index (χ2n) is 5.03. The molecule has 0 aromatic heterocycles. The van der Waals surface area contributed by atoms with E-state index in [0.717, 1.165) is 28.4 Å². The van der Waals surface area contributed by atoms with Gasteiger partial charge in [-0.15, -0.1) is 0 Å². The number of benzene rings is 2.